The molecule has 46 valence electrons. The van der Waals surface area contributed by atoms with Crippen LogP contribution in [0.2, 0.25) is 0 Å². The fourth-order valence-corrected chi connectivity index (χ4v) is 0.0818. The van der Waals surface area contributed by atoms with Crippen LogP contribution in [0.3, 0.4) is 0 Å². The molecule has 0 rings (SSSR count). The number of hydrogen-bond acceptors (Lipinski definition) is 2. The summed E-state index contributed by atoms with van der Waals surface area (Å²) < 4.78 is 0.306. The van der Waals surface area contributed by atoms with Crippen LogP contribution < -0.4 is 0 Å². The summed E-state index contributed by atoms with van der Waals surface area (Å²) in [5.74, 6) is 0. The van der Waals surface area contributed by atoms with Gasteiger partial charge in [-0.3, -0.25) is 4.57 Å². The Morgan fingerprint density at radius 3 is 1.50 bits per heavy atom. The first-order chi connectivity index (χ1) is 3.55. The van der Waals surface area contributed by atoms with E-state index in [4.69, 9.17) is 10.2 Å². The molecule has 6 heteroatoms. The smallest absolute Gasteiger partial charge is 0.407 e. The molecule has 0 aromatic rings. The number of carboxylic acid groups (broad SMARTS) is 2. The van der Waals surface area contributed by atoms with E-state index in [1.165, 1.54) is 0 Å². The van der Waals surface area contributed by atoms with Gasteiger partial charge >= 0.3 is 12.2 Å². The Morgan fingerprint density at radius 2 is 1.50 bits per heavy atom. The number of carbonyl (C=O) groups is 2. The van der Waals surface area contributed by atoms with Crippen LogP contribution in [0, 0.1) is 0 Å². The van der Waals surface area contributed by atoms with Crippen molar-refractivity contribution in [1.29, 1.82) is 0 Å². The Labute approximate surface area is 48.0 Å². The molecule has 0 radical (unpaired) electrons. The molecular weight excluding hydrogens is 130 g/mol. The van der Waals surface area contributed by atoms with Crippen LogP contribution in [0.25, 0.3) is 0 Å². The average Bonchev–Trinajstić information content (AvgIpc) is 1.64. The molecule has 0 spiro atoms. The molecule has 0 aliphatic rings. The number of hydrogen-bond donors (Lipinski definition) is 2. The quantitative estimate of drug-likeness (QED) is 0.414. The Hall–Kier alpha value is -1.04. The maximum Gasteiger partial charge on any atom is 0.407 e. The van der Waals surface area contributed by atoms with E-state index in [1.54, 1.807) is 0 Å². The van der Waals surface area contributed by atoms with Gasteiger partial charge in [-0.1, -0.05) is 0 Å². The molecular formula is C2H5NO4Si. The van der Waals surface area contributed by atoms with Crippen LogP contribution in [0.15, 0.2) is 0 Å². The van der Waals surface area contributed by atoms with Gasteiger partial charge in [-0.2, -0.15) is 0 Å². The van der Waals surface area contributed by atoms with Crippen LogP contribution in [-0.4, -0.2) is 37.4 Å². The van der Waals surface area contributed by atoms with Crippen LogP contribution in [-0.2, 0) is 0 Å². The third kappa shape index (κ3) is 1.60. The van der Waals surface area contributed by atoms with Gasteiger partial charge in [0.25, 0.3) is 0 Å². The highest BCUT2D eigenvalue weighted by Crippen LogP contribution is 1.80. The second-order valence-corrected chi connectivity index (χ2v) is 2.02. The zero-order valence-electron chi connectivity index (χ0n) is 4.16. The molecule has 0 saturated carbocycles. The van der Waals surface area contributed by atoms with Gasteiger partial charge in [0, 0.05) is 0 Å². The Morgan fingerprint density at radius 1 is 1.25 bits per heavy atom. The van der Waals surface area contributed by atoms with Crippen molar-refractivity contribution in [3.63, 3.8) is 0 Å². The second-order valence-electron chi connectivity index (χ2n) is 1.12. The first kappa shape index (κ1) is 6.96. The maximum atomic E-state index is 9.72. The monoisotopic (exact) mass is 135 g/mol. The average molecular weight is 135 g/mol. The molecule has 0 aromatic carbocycles. The van der Waals surface area contributed by atoms with Crippen molar-refractivity contribution >= 4 is 22.6 Å². The molecule has 0 aliphatic heterocycles. The van der Waals surface area contributed by atoms with Crippen molar-refractivity contribution in [3.05, 3.63) is 0 Å². The first-order valence-electron chi connectivity index (χ1n) is 1.75. The molecule has 0 atom stereocenters. The van der Waals surface area contributed by atoms with Gasteiger partial charge in [0.2, 0.25) is 0 Å². The third-order valence-corrected chi connectivity index (χ3v) is 1.34. The summed E-state index contributed by atoms with van der Waals surface area (Å²) in [4.78, 5) is 19.4. The van der Waals surface area contributed by atoms with Crippen molar-refractivity contribution in [1.82, 2.24) is 4.57 Å². The van der Waals surface area contributed by atoms with Crippen molar-refractivity contribution in [2.24, 2.45) is 0 Å². The van der Waals surface area contributed by atoms with Crippen LogP contribution in [0.4, 0.5) is 9.59 Å². The van der Waals surface area contributed by atoms with Gasteiger partial charge in [-0.05, 0) is 0 Å². The highest BCUT2D eigenvalue weighted by Gasteiger charge is 2.10. The van der Waals surface area contributed by atoms with Gasteiger partial charge in [0.1, 0.15) is 10.4 Å². The fraction of sp³-hybridized carbons (Fsp3) is 0. The molecule has 8 heavy (non-hydrogen) atoms. The summed E-state index contributed by atoms with van der Waals surface area (Å²) in [6.07, 6.45) is -2.83. The summed E-state index contributed by atoms with van der Waals surface area (Å²) in [5.41, 5.74) is 0. The molecule has 0 saturated heterocycles. The van der Waals surface area contributed by atoms with E-state index in [0.717, 1.165) is 0 Å². The van der Waals surface area contributed by atoms with Crippen molar-refractivity contribution in [2.75, 3.05) is 0 Å². The predicted molar refractivity (Wildman–Crippen MR) is 27.8 cm³/mol. The van der Waals surface area contributed by atoms with Gasteiger partial charge < -0.3 is 10.2 Å². The SMILES string of the molecule is O=C(O)N([SiH3])C(=O)O. The van der Waals surface area contributed by atoms with E-state index in [1.807, 2.05) is 0 Å². The molecule has 2 amide bonds. The lowest BCUT2D eigenvalue weighted by molar-refractivity contribution is 0.149. The second kappa shape index (κ2) is 2.31. The van der Waals surface area contributed by atoms with E-state index in [-0.39, 0.29) is 10.4 Å². The Balaban J connectivity index is 3.83. The van der Waals surface area contributed by atoms with Crippen molar-refractivity contribution in [2.45, 2.75) is 0 Å². The van der Waals surface area contributed by atoms with E-state index >= 15 is 0 Å². The lowest BCUT2D eigenvalue weighted by atomic mass is 11.0. The normalized spacial score (nSPS) is 8.50. The maximum absolute atomic E-state index is 9.72. The lowest BCUT2D eigenvalue weighted by Crippen LogP contribution is -2.31. The summed E-state index contributed by atoms with van der Waals surface area (Å²) in [5, 5.41) is 15.9. The summed E-state index contributed by atoms with van der Waals surface area (Å²) >= 11 is 0. The van der Waals surface area contributed by atoms with Gasteiger partial charge in [0.15, 0.2) is 0 Å². The highest BCUT2D eigenvalue weighted by molar-refractivity contribution is 6.21. The first-order valence-corrected chi connectivity index (χ1v) is 2.64. The Bertz CT molecular complexity index is 109. The zero-order valence-corrected chi connectivity index (χ0v) is 6.16. The molecule has 2 N–H and O–H groups in total. The molecule has 0 aromatic heterocycles. The Kier molecular flexibility index (Phi) is 2.01. The molecule has 0 heterocycles. The van der Waals surface area contributed by atoms with E-state index < -0.39 is 12.2 Å². The number of amides is 2. The van der Waals surface area contributed by atoms with Crippen LogP contribution in [0.1, 0.15) is 0 Å². The standard InChI is InChI=1S/C2H5NO4Si/c4-1(5)3(8)2(6)7/h8H3,(H,4,5)(H,6,7). The molecule has 5 nitrogen and oxygen atoms in total. The van der Waals surface area contributed by atoms with Gasteiger partial charge in [-0.25, -0.2) is 9.59 Å². The highest BCUT2D eigenvalue weighted by atomic mass is 28.2. The van der Waals surface area contributed by atoms with Crippen molar-refractivity contribution < 1.29 is 19.8 Å². The number of imide groups is 1. The van der Waals surface area contributed by atoms with E-state index in [2.05, 4.69) is 0 Å². The van der Waals surface area contributed by atoms with E-state index in [9.17, 15) is 9.59 Å². The number of rotatable bonds is 0. The largest absolute Gasteiger partial charge is 0.465 e. The summed E-state index contributed by atoms with van der Waals surface area (Å²) in [6, 6.07) is 0. The minimum atomic E-state index is -1.41. The molecule has 0 aliphatic carbocycles. The number of nitrogens with zero attached hydrogens (tertiary/aromatic N) is 1. The van der Waals surface area contributed by atoms with Gasteiger partial charge in [0.05, 0.1) is 0 Å². The minimum absolute atomic E-state index is 0.00772. The molecule has 0 fully saturated rings. The molecule has 0 unspecified atom stereocenters. The predicted octanol–water partition coefficient (Wildman–Crippen LogP) is -1.08. The summed E-state index contributed by atoms with van der Waals surface area (Å²) in [7, 11) is -0.00772. The molecule has 0 bridgehead atoms. The van der Waals surface area contributed by atoms with Gasteiger partial charge in [-0.15, -0.1) is 0 Å². The van der Waals surface area contributed by atoms with Crippen LogP contribution >= 0.6 is 0 Å². The van der Waals surface area contributed by atoms with Crippen molar-refractivity contribution in [3.8, 4) is 0 Å². The lowest BCUT2D eigenvalue weighted by Gasteiger charge is -2.03. The van der Waals surface area contributed by atoms with E-state index in [0.29, 0.717) is 4.57 Å². The summed E-state index contributed by atoms with van der Waals surface area (Å²) in [6.45, 7) is 0. The van der Waals surface area contributed by atoms with Crippen LogP contribution in [0.5, 0.6) is 0 Å². The minimum Gasteiger partial charge on any atom is -0.465 e. The fourth-order valence-electron chi connectivity index (χ4n) is 0.0818. The topological polar surface area (TPSA) is 77.8 Å². The third-order valence-electron chi connectivity index (χ3n) is 0.574. The zero-order chi connectivity index (χ0) is 6.73.